The molecule has 1 rings (SSSR count). The van der Waals surface area contributed by atoms with Crippen LogP contribution in [0.4, 0.5) is 5.69 Å². The van der Waals surface area contributed by atoms with E-state index in [9.17, 15) is 0 Å². The van der Waals surface area contributed by atoms with Crippen molar-refractivity contribution in [1.82, 2.24) is 0 Å². The minimum Gasteiger partial charge on any atom is -0.495 e. The van der Waals surface area contributed by atoms with E-state index in [0.29, 0.717) is 22.2 Å². The Morgan fingerprint density at radius 1 is 1.05 bits per heavy atom. The van der Waals surface area contributed by atoms with Gasteiger partial charge in [-0.3, -0.25) is 0 Å². The van der Waals surface area contributed by atoms with E-state index >= 15 is 0 Å². The van der Waals surface area contributed by atoms with Crippen molar-refractivity contribution >= 4 is 17.3 Å². The number of hydrogen-bond donors (Lipinski definition) is 1. The zero-order valence-electron chi connectivity index (χ0n) is 10.7. The van der Waals surface area contributed by atoms with E-state index < -0.39 is 0 Å². The second-order valence-electron chi connectivity index (χ2n) is 3.40. The number of halogens is 1. The van der Waals surface area contributed by atoms with Crippen molar-refractivity contribution in [3.05, 3.63) is 28.4 Å². The first-order valence-electron chi connectivity index (χ1n) is 5.24. The molecule has 100 valence electrons. The predicted octanol–water partition coefficient (Wildman–Crippen LogP) is 2.59. The molecule has 0 radical (unpaired) electrons. The molecule has 0 amide bonds. The SMILES string of the molecule is COc1cc(NC(C#N)=C(C#N)C#N)c(OC)cc1Cl. The van der Waals surface area contributed by atoms with E-state index in [0.717, 1.165) is 0 Å². The van der Waals surface area contributed by atoms with Crippen molar-refractivity contribution in [2.75, 3.05) is 19.5 Å². The van der Waals surface area contributed by atoms with Crippen LogP contribution in [-0.4, -0.2) is 14.2 Å². The van der Waals surface area contributed by atoms with Crippen LogP contribution in [0.15, 0.2) is 23.4 Å². The molecular formula is C13H9ClN4O2. The highest BCUT2D eigenvalue weighted by molar-refractivity contribution is 6.32. The number of benzene rings is 1. The summed E-state index contributed by atoms with van der Waals surface area (Å²) in [6.07, 6.45) is 0. The van der Waals surface area contributed by atoms with Gasteiger partial charge >= 0.3 is 0 Å². The van der Waals surface area contributed by atoms with Crippen molar-refractivity contribution < 1.29 is 9.47 Å². The number of ether oxygens (including phenoxy) is 2. The number of methoxy groups -OCH3 is 2. The summed E-state index contributed by atoms with van der Waals surface area (Å²) in [7, 11) is 2.86. The van der Waals surface area contributed by atoms with Crippen LogP contribution in [-0.2, 0) is 0 Å². The van der Waals surface area contributed by atoms with Gasteiger partial charge in [-0.15, -0.1) is 0 Å². The molecule has 7 heteroatoms. The van der Waals surface area contributed by atoms with Crippen molar-refractivity contribution in [3.63, 3.8) is 0 Å². The average Bonchev–Trinajstić information content (AvgIpc) is 2.48. The molecule has 1 aromatic carbocycles. The molecule has 0 aromatic heterocycles. The first-order chi connectivity index (χ1) is 9.60. The quantitative estimate of drug-likeness (QED) is 0.854. The first kappa shape index (κ1) is 15.2. The Labute approximate surface area is 121 Å². The highest BCUT2D eigenvalue weighted by atomic mass is 35.5. The summed E-state index contributed by atoms with van der Waals surface area (Å²) >= 11 is 5.95. The minimum atomic E-state index is -0.330. The maximum atomic E-state index is 8.99. The fourth-order valence-electron chi connectivity index (χ4n) is 1.38. The molecule has 0 fully saturated rings. The van der Waals surface area contributed by atoms with Crippen LogP contribution < -0.4 is 14.8 Å². The maximum absolute atomic E-state index is 8.99. The zero-order chi connectivity index (χ0) is 15.1. The fraction of sp³-hybridized carbons (Fsp3) is 0.154. The molecule has 0 saturated heterocycles. The lowest BCUT2D eigenvalue weighted by Gasteiger charge is -2.13. The normalized spacial score (nSPS) is 8.60. The number of allylic oxidation sites excluding steroid dienone is 2. The lowest BCUT2D eigenvalue weighted by molar-refractivity contribution is 0.405. The highest BCUT2D eigenvalue weighted by Gasteiger charge is 2.13. The summed E-state index contributed by atoms with van der Waals surface area (Å²) in [5, 5.41) is 29.5. The van der Waals surface area contributed by atoms with Crippen LogP contribution in [0.2, 0.25) is 5.02 Å². The van der Waals surface area contributed by atoms with Gasteiger partial charge in [-0.05, 0) is 0 Å². The third kappa shape index (κ3) is 3.11. The van der Waals surface area contributed by atoms with E-state index in [-0.39, 0.29) is 11.3 Å². The molecule has 1 aromatic rings. The molecule has 0 aliphatic heterocycles. The monoisotopic (exact) mass is 288 g/mol. The Hall–Kier alpha value is -2.88. The number of anilines is 1. The van der Waals surface area contributed by atoms with Gasteiger partial charge in [-0.2, -0.15) is 15.8 Å². The number of nitrogens with one attached hydrogen (secondary N) is 1. The number of nitriles is 3. The Kier molecular flexibility index (Phi) is 5.23. The van der Waals surface area contributed by atoms with Crippen molar-refractivity contribution in [2.24, 2.45) is 0 Å². The smallest absolute Gasteiger partial charge is 0.163 e. The molecule has 0 aliphatic rings. The lowest BCUT2D eigenvalue weighted by Crippen LogP contribution is -2.03. The minimum absolute atomic E-state index is 0.183. The van der Waals surface area contributed by atoms with Gasteiger partial charge in [0.2, 0.25) is 0 Å². The maximum Gasteiger partial charge on any atom is 0.163 e. The Morgan fingerprint density at radius 3 is 2.10 bits per heavy atom. The molecule has 0 bridgehead atoms. The fourth-order valence-corrected chi connectivity index (χ4v) is 1.61. The molecule has 0 unspecified atom stereocenters. The van der Waals surface area contributed by atoms with Crippen molar-refractivity contribution in [1.29, 1.82) is 15.8 Å². The van der Waals surface area contributed by atoms with Crippen LogP contribution >= 0.6 is 11.6 Å². The highest BCUT2D eigenvalue weighted by Crippen LogP contribution is 2.36. The van der Waals surface area contributed by atoms with Crippen LogP contribution in [0.25, 0.3) is 0 Å². The summed E-state index contributed by atoms with van der Waals surface area (Å²) in [4.78, 5) is 0. The summed E-state index contributed by atoms with van der Waals surface area (Å²) in [5.41, 5.74) is -0.158. The first-order valence-corrected chi connectivity index (χ1v) is 5.62. The van der Waals surface area contributed by atoms with E-state index in [1.165, 1.54) is 26.4 Å². The number of rotatable bonds is 4. The van der Waals surface area contributed by atoms with Gasteiger partial charge in [0.15, 0.2) is 5.57 Å². The zero-order valence-corrected chi connectivity index (χ0v) is 11.4. The summed E-state index contributed by atoms with van der Waals surface area (Å²) in [6.45, 7) is 0. The van der Waals surface area contributed by atoms with Gasteiger partial charge in [-0.1, -0.05) is 11.6 Å². The van der Waals surface area contributed by atoms with E-state index in [4.69, 9.17) is 36.9 Å². The molecule has 0 aliphatic carbocycles. The van der Waals surface area contributed by atoms with Gasteiger partial charge in [0.25, 0.3) is 0 Å². The third-order valence-electron chi connectivity index (χ3n) is 2.32. The van der Waals surface area contributed by atoms with Crippen LogP contribution in [0.1, 0.15) is 0 Å². The lowest BCUT2D eigenvalue weighted by atomic mass is 10.2. The van der Waals surface area contributed by atoms with Gasteiger partial charge in [0, 0.05) is 12.1 Å². The van der Waals surface area contributed by atoms with E-state index in [2.05, 4.69) is 5.32 Å². The van der Waals surface area contributed by atoms with Crippen LogP contribution in [0.5, 0.6) is 11.5 Å². The molecule has 0 atom stereocenters. The van der Waals surface area contributed by atoms with Crippen LogP contribution in [0.3, 0.4) is 0 Å². The molecule has 20 heavy (non-hydrogen) atoms. The Morgan fingerprint density at radius 2 is 1.65 bits per heavy atom. The number of hydrogen-bond acceptors (Lipinski definition) is 6. The molecule has 0 spiro atoms. The third-order valence-corrected chi connectivity index (χ3v) is 2.61. The summed E-state index contributed by atoms with van der Waals surface area (Å²) in [5.74, 6) is 0.710. The van der Waals surface area contributed by atoms with Crippen molar-refractivity contribution in [2.45, 2.75) is 0 Å². The average molecular weight is 289 g/mol. The van der Waals surface area contributed by atoms with Gasteiger partial charge in [0.1, 0.15) is 35.4 Å². The van der Waals surface area contributed by atoms with Gasteiger partial charge in [0.05, 0.1) is 24.9 Å². The molecule has 0 saturated carbocycles. The standard InChI is InChI=1S/C13H9ClN4O2/c1-19-12-4-10(13(20-2)3-9(12)14)18-11(7-17)8(5-15)6-16/h3-4,18H,1-2H3. The van der Waals surface area contributed by atoms with Gasteiger partial charge in [-0.25, -0.2) is 0 Å². The van der Waals surface area contributed by atoms with E-state index in [1.54, 1.807) is 18.2 Å². The van der Waals surface area contributed by atoms with Crippen LogP contribution in [0, 0.1) is 34.0 Å². The predicted molar refractivity (Wildman–Crippen MR) is 72.0 cm³/mol. The van der Waals surface area contributed by atoms with Gasteiger partial charge < -0.3 is 14.8 Å². The molecule has 6 nitrogen and oxygen atoms in total. The Balaban J connectivity index is 3.35. The topological polar surface area (TPSA) is 102 Å². The second kappa shape index (κ2) is 6.89. The number of nitrogens with zero attached hydrogens (tertiary/aromatic N) is 3. The second-order valence-corrected chi connectivity index (χ2v) is 3.80. The molecular weight excluding hydrogens is 280 g/mol. The Bertz CT molecular complexity index is 661. The summed E-state index contributed by atoms with van der Waals surface area (Å²) < 4.78 is 10.2. The van der Waals surface area contributed by atoms with Crippen molar-refractivity contribution in [3.8, 4) is 29.7 Å². The molecule has 0 heterocycles. The largest absolute Gasteiger partial charge is 0.495 e. The summed E-state index contributed by atoms with van der Waals surface area (Å²) in [6, 6.07) is 8.02. The van der Waals surface area contributed by atoms with E-state index in [1.807, 2.05) is 0 Å². The molecule has 1 N–H and O–H groups in total.